The van der Waals surface area contributed by atoms with Gasteiger partial charge in [-0.05, 0) is 44.9 Å². The van der Waals surface area contributed by atoms with Gasteiger partial charge in [0.2, 0.25) is 17.7 Å². The second-order valence-corrected chi connectivity index (χ2v) is 8.18. The van der Waals surface area contributed by atoms with Gasteiger partial charge in [-0.2, -0.15) is 0 Å². The first-order valence-corrected chi connectivity index (χ1v) is 10.0. The van der Waals surface area contributed by atoms with Gasteiger partial charge in [0, 0.05) is 13.1 Å². The number of hydrogen-bond donors (Lipinski definition) is 3. The van der Waals surface area contributed by atoms with Crippen LogP contribution in [0.5, 0.6) is 0 Å². The Morgan fingerprint density at radius 3 is 2.18 bits per heavy atom. The van der Waals surface area contributed by atoms with E-state index in [4.69, 9.17) is 5.73 Å². The zero-order valence-corrected chi connectivity index (χ0v) is 16.9. The van der Waals surface area contributed by atoms with Crippen LogP contribution in [0.3, 0.4) is 0 Å². The lowest BCUT2D eigenvalue weighted by Crippen LogP contribution is -2.56. The highest BCUT2D eigenvalue weighted by Gasteiger charge is 2.43. The number of hydrogen-bond acceptors (Lipinski definition) is 5. The fraction of sp³-hybridized carbons (Fsp3) is 0.789. The van der Waals surface area contributed by atoms with Crippen LogP contribution < -0.4 is 11.1 Å². The van der Waals surface area contributed by atoms with E-state index in [-0.39, 0.29) is 23.6 Å². The Bertz CT molecular complexity index is 623. The van der Waals surface area contributed by atoms with Gasteiger partial charge in [-0.15, -0.1) is 0 Å². The summed E-state index contributed by atoms with van der Waals surface area (Å²) < 4.78 is 0. The van der Waals surface area contributed by atoms with E-state index in [9.17, 15) is 24.3 Å². The van der Waals surface area contributed by atoms with Crippen molar-refractivity contribution in [1.82, 2.24) is 15.1 Å². The lowest BCUT2D eigenvalue weighted by molar-refractivity contribution is -0.152. The van der Waals surface area contributed by atoms with Crippen LogP contribution in [0.4, 0.5) is 0 Å². The van der Waals surface area contributed by atoms with Gasteiger partial charge in [-0.3, -0.25) is 14.4 Å². The third kappa shape index (κ3) is 5.01. The molecule has 158 valence electrons. The summed E-state index contributed by atoms with van der Waals surface area (Å²) in [6.07, 6.45) is 2.76. The predicted octanol–water partition coefficient (Wildman–Crippen LogP) is -0.0689. The van der Waals surface area contributed by atoms with Crippen molar-refractivity contribution in [2.75, 3.05) is 13.1 Å². The number of carboxylic acid groups (broad SMARTS) is 1. The number of amides is 3. The van der Waals surface area contributed by atoms with Crippen molar-refractivity contribution in [3.8, 4) is 0 Å². The van der Waals surface area contributed by atoms with E-state index < -0.39 is 30.1 Å². The molecule has 4 unspecified atom stereocenters. The maximum absolute atomic E-state index is 12.9. The molecule has 4 N–H and O–H groups in total. The molecule has 2 saturated heterocycles. The summed E-state index contributed by atoms with van der Waals surface area (Å²) in [6.45, 7) is 6.32. The van der Waals surface area contributed by atoms with Crippen LogP contribution in [0.25, 0.3) is 0 Å². The minimum Gasteiger partial charge on any atom is -0.480 e. The van der Waals surface area contributed by atoms with Gasteiger partial charge in [-0.1, -0.05) is 13.8 Å². The summed E-state index contributed by atoms with van der Waals surface area (Å²) >= 11 is 0. The van der Waals surface area contributed by atoms with E-state index in [0.717, 1.165) is 0 Å². The highest BCUT2D eigenvalue weighted by Crippen LogP contribution is 2.25. The number of carboxylic acids is 1. The van der Waals surface area contributed by atoms with Crippen LogP contribution in [0.1, 0.15) is 52.9 Å². The molecule has 2 rings (SSSR count). The second kappa shape index (κ2) is 9.36. The first-order chi connectivity index (χ1) is 13.1. The Morgan fingerprint density at radius 1 is 1.04 bits per heavy atom. The van der Waals surface area contributed by atoms with Gasteiger partial charge >= 0.3 is 5.97 Å². The highest BCUT2D eigenvalue weighted by molar-refractivity contribution is 5.94. The van der Waals surface area contributed by atoms with Gasteiger partial charge in [0.15, 0.2) is 0 Å². The molecule has 9 heteroatoms. The summed E-state index contributed by atoms with van der Waals surface area (Å²) in [7, 11) is 0. The lowest BCUT2D eigenvalue weighted by atomic mass is 10.0. The Hall–Kier alpha value is -2.16. The minimum atomic E-state index is -1.01. The van der Waals surface area contributed by atoms with E-state index in [1.54, 1.807) is 6.92 Å². The molecule has 3 amide bonds. The largest absolute Gasteiger partial charge is 0.480 e. The van der Waals surface area contributed by atoms with Crippen LogP contribution in [-0.4, -0.2) is 75.9 Å². The molecular formula is C19H32N4O5. The van der Waals surface area contributed by atoms with Crippen molar-refractivity contribution in [3.05, 3.63) is 0 Å². The van der Waals surface area contributed by atoms with E-state index in [1.807, 2.05) is 13.8 Å². The monoisotopic (exact) mass is 396 g/mol. The number of rotatable bonds is 7. The first kappa shape index (κ1) is 22.1. The summed E-state index contributed by atoms with van der Waals surface area (Å²) in [5.74, 6) is -1.80. The quantitative estimate of drug-likeness (QED) is 0.552. The smallest absolute Gasteiger partial charge is 0.326 e. The normalized spacial score (nSPS) is 24.3. The number of carbonyl (C=O) groups excluding carboxylic acids is 3. The van der Waals surface area contributed by atoms with E-state index in [1.165, 1.54) is 9.80 Å². The van der Waals surface area contributed by atoms with Crippen LogP contribution in [0, 0.1) is 5.92 Å². The van der Waals surface area contributed by atoms with Gasteiger partial charge < -0.3 is 26.0 Å². The van der Waals surface area contributed by atoms with Crippen LogP contribution >= 0.6 is 0 Å². The number of nitrogens with two attached hydrogens (primary N) is 1. The summed E-state index contributed by atoms with van der Waals surface area (Å²) in [5, 5.41) is 12.0. The number of nitrogens with zero attached hydrogens (tertiary/aromatic N) is 2. The maximum Gasteiger partial charge on any atom is 0.326 e. The molecule has 2 aliphatic rings. The summed E-state index contributed by atoms with van der Waals surface area (Å²) in [5.41, 5.74) is 5.87. The minimum absolute atomic E-state index is 0.259. The number of likely N-dealkylation sites (tertiary alicyclic amines) is 2. The summed E-state index contributed by atoms with van der Waals surface area (Å²) in [6, 6.07) is -2.98. The van der Waals surface area contributed by atoms with E-state index in [0.29, 0.717) is 45.2 Å². The first-order valence-electron chi connectivity index (χ1n) is 10.0. The molecule has 0 aromatic heterocycles. The van der Waals surface area contributed by atoms with Crippen molar-refractivity contribution in [3.63, 3.8) is 0 Å². The van der Waals surface area contributed by atoms with Crippen molar-refractivity contribution >= 4 is 23.7 Å². The average Bonchev–Trinajstić information content (AvgIpc) is 3.29. The van der Waals surface area contributed by atoms with Crippen molar-refractivity contribution < 1.29 is 24.3 Å². The number of aliphatic carboxylic acids is 1. The van der Waals surface area contributed by atoms with Gasteiger partial charge in [0.05, 0.1) is 6.04 Å². The molecule has 4 atom stereocenters. The number of nitrogens with one attached hydrogen (secondary N) is 1. The van der Waals surface area contributed by atoms with Gasteiger partial charge in [0.1, 0.15) is 18.1 Å². The molecule has 2 fully saturated rings. The maximum atomic E-state index is 12.9. The molecule has 0 aromatic carbocycles. The highest BCUT2D eigenvalue weighted by atomic mass is 16.4. The molecule has 0 saturated carbocycles. The molecule has 2 heterocycles. The Labute approximate surface area is 165 Å². The average molecular weight is 396 g/mol. The molecule has 28 heavy (non-hydrogen) atoms. The molecule has 2 aliphatic heterocycles. The van der Waals surface area contributed by atoms with Crippen LogP contribution in [0.2, 0.25) is 0 Å². The van der Waals surface area contributed by atoms with Crippen LogP contribution in [0.15, 0.2) is 0 Å². The fourth-order valence-corrected chi connectivity index (χ4v) is 4.01. The molecule has 0 aliphatic carbocycles. The Kier molecular flexibility index (Phi) is 7.40. The number of carbonyl (C=O) groups is 4. The predicted molar refractivity (Wildman–Crippen MR) is 102 cm³/mol. The van der Waals surface area contributed by atoms with Crippen LogP contribution in [-0.2, 0) is 19.2 Å². The Balaban J connectivity index is 2.01. The molecule has 9 nitrogen and oxygen atoms in total. The fourth-order valence-electron chi connectivity index (χ4n) is 4.01. The van der Waals surface area contributed by atoms with Crippen molar-refractivity contribution in [2.24, 2.45) is 11.7 Å². The third-order valence-corrected chi connectivity index (χ3v) is 5.43. The molecule has 0 radical (unpaired) electrons. The van der Waals surface area contributed by atoms with E-state index >= 15 is 0 Å². The lowest BCUT2D eigenvalue weighted by Gasteiger charge is -2.31. The third-order valence-electron chi connectivity index (χ3n) is 5.43. The SMILES string of the molecule is CC(C)CC(N)C(=O)NC(C)C(=O)N1CCCC1C(=O)N1CCCC1C(=O)O. The molecular weight excluding hydrogens is 364 g/mol. The van der Waals surface area contributed by atoms with Crippen molar-refractivity contribution in [2.45, 2.75) is 77.0 Å². The second-order valence-electron chi connectivity index (χ2n) is 8.18. The van der Waals surface area contributed by atoms with Crippen molar-refractivity contribution in [1.29, 1.82) is 0 Å². The zero-order valence-electron chi connectivity index (χ0n) is 16.9. The standard InChI is InChI=1S/C19H32N4O5/c1-11(2)10-13(20)16(24)21-12(3)17(25)22-8-4-6-14(22)18(26)23-9-5-7-15(23)19(27)28/h11-15H,4-10,20H2,1-3H3,(H,21,24)(H,27,28). The molecule has 0 spiro atoms. The van der Waals surface area contributed by atoms with Gasteiger partial charge in [0.25, 0.3) is 0 Å². The zero-order chi connectivity index (χ0) is 21.0. The summed E-state index contributed by atoms with van der Waals surface area (Å²) in [4.78, 5) is 52.2. The van der Waals surface area contributed by atoms with E-state index in [2.05, 4.69) is 5.32 Å². The molecule has 0 bridgehead atoms. The topological polar surface area (TPSA) is 133 Å². The van der Waals surface area contributed by atoms with Gasteiger partial charge in [-0.25, -0.2) is 4.79 Å². The Morgan fingerprint density at radius 2 is 1.61 bits per heavy atom. The molecule has 0 aromatic rings.